The number of halogens is 1. The molecule has 20 heavy (non-hydrogen) atoms. The van der Waals surface area contributed by atoms with Crippen molar-refractivity contribution in [3.05, 3.63) is 34.9 Å². The lowest BCUT2D eigenvalue weighted by molar-refractivity contribution is -0.0582. The van der Waals surface area contributed by atoms with Gasteiger partial charge in [0.1, 0.15) is 0 Å². The van der Waals surface area contributed by atoms with Gasteiger partial charge in [-0.2, -0.15) is 0 Å². The van der Waals surface area contributed by atoms with Gasteiger partial charge < -0.3 is 10.5 Å². The Balaban J connectivity index is 2.16. The molecule has 2 N–H and O–H groups in total. The second-order valence-electron chi connectivity index (χ2n) is 5.83. The second-order valence-corrected chi connectivity index (χ2v) is 6.27. The smallest absolute Gasteiger partial charge is 0.0622 e. The summed E-state index contributed by atoms with van der Waals surface area (Å²) in [6, 6.07) is 8.55. The van der Waals surface area contributed by atoms with Crippen LogP contribution in [0.5, 0.6) is 0 Å². The second kappa shape index (κ2) is 6.90. The van der Waals surface area contributed by atoms with E-state index < -0.39 is 0 Å². The summed E-state index contributed by atoms with van der Waals surface area (Å²) >= 11 is 5.96. The monoisotopic (exact) mass is 296 g/mol. The first-order valence-corrected chi connectivity index (χ1v) is 7.76. The van der Waals surface area contributed by atoms with Crippen molar-refractivity contribution in [2.24, 2.45) is 5.73 Å². The molecule has 1 saturated heterocycles. The predicted octanol–water partition coefficient (Wildman–Crippen LogP) is 2.71. The van der Waals surface area contributed by atoms with E-state index in [-0.39, 0.29) is 5.54 Å². The lowest BCUT2D eigenvalue weighted by atomic mass is 9.88. The van der Waals surface area contributed by atoms with Gasteiger partial charge >= 0.3 is 0 Å². The highest BCUT2D eigenvalue weighted by molar-refractivity contribution is 6.30. The van der Waals surface area contributed by atoms with Gasteiger partial charge in [0.2, 0.25) is 0 Å². The van der Waals surface area contributed by atoms with Crippen LogP contribution in [0.25, 0.3) is 0 Å². The Bertz CT molecular complexity index is 423. The summed E-state index contributed by atoms with van der Waals surface area (Å²) in [6.45, 7) is 7.69. The Morgan fingerprint density at radius 1 is 1.40 bits per heavy atom. The molecule has 0 saturated carbocycles. The van der Waals surface area contributed by atoms with E-state index >= 15 is 0 Å². The Kier molecular flexibility index (Phi) is 5.44. The molecule has 4 heteroatoms. The topological polar surface area (TPSA) is 38.5 Å². The SMILES string of the molecule is CCC1COCCN1C(C)(CN)Cc1ccc(Cl)cc1. The Morgan fingerprint density at radius 3 is 2.70 bits per heavy atom. The molecule has 0 aromatic heterocycles. The maximum Gasteiger partial charge on any atom is 0.0622 e. The van der Waals surface area contributed by atoms with Crippen molar-refractivity contribution in [2.45, 2.75) is 38.3 Å². The van der Waals surface area contributed by atoms with Crippen molar-refractivity contribution in [3.63, 3.8) is 0 Å². The van der Waals surface area contributed by atoms with Crippen LogP contribution in [0.3, 0.4) is 0 Å². The number of rotatable bonds is 5. The average Bonchev–Trinajstić information content (AvgIpc) is 2.49. The van der Waals surface area contributed by atoms with Crippen LogP contribution in [0.15, 0.2) is 24.3 Å². The van der Waals surface area contributed by atoms with Crippen molar-refractivity contribution in [1.82, 2.24) is 4.90 Å². The van der Waals surface area contributed by atoms with Gasteiger partial charge in [0, 0.05) is 29.7 Å². The molecular formula is C16H25ClN2O. The fourth-order valence-electron chi connectivity index (χ4n) is 3.04. The Morgan fingerprint density at radius 2 is 2.10 bits per heavy atom. The first kappa shape index (κ1) is 15.8. The quantitative estimate of drug-likeness (QED) is 0.908. The molecule has 0 spiro atoms. The summed E-state index contributed by atoms with van der Waals surface area (Å²) in [6.07, 6.45) is 2.04. The highest BCUT2D eigenvalue weighted by Crippen LogP contribution is 2.26. The molecule has 0 amide bonds. The molecule has 1 fully saturated rings. The first-order chi connectivity index (χ1) is 9.59. The van der Waals surface area contributed by atoms with Gasteiger partial charge in [0.15, 0.2) is 0 Å². The number of morpholine rings is 1. The van der Waals surface area contributed by atoms with E-state index in [0.29, 0.717) is 12.6 Å². The third kappa shape index (κ3) is 3.53. The minimum absolute atomic E-state index is 0.0295. The number of benzene rings is 1. The van der Waals surface area contributed by atoms with Crippen molar-refractivity contribution < 1.29 is 4.74 Å². The summed E-state index contributed by atoms with van der Waals surface area (Å²) in [5, 5.41) is 0.779. The van der Waals surface area contributed by atoms with Crippen LogP contribution in [-0.4, -0.2) is 42.8 Å². The molecule has 0 bridgehead atoms. The third-order valence-corrected chi connectivity index (χ3v) is 4.58. The van der Waals surface area contributed by atoms with Crippen LogP contribution in [0.1, 0.15) is 25.8 Å². The molecule has 2 unspecified atom stereocenters. The van der Waals surface area contributed by atoms with Crippen LogP contribution in [-0.2, 0) is 11.2 Å². The van der Waals surface area contributed by atoms with Crippen LogP contribution in [0.2, 0.25) is 5.02 Å². The zero-order valence-corrected chi connectivity index (χ0v) is 13.2. The van der Waals surface area contributed by atoms with Crippen LogP contribution < -0.4 is 5.73 Å². The van der Waals surface area contributed by atoms with Crippen LogP contribution in [0.4, 0.5) is 0 Å². The predicted molar refractivity (Wildman–Crippen MR) is 84.2 cm³/mol. The maximum absolute atomic E-state index is 6.12. The molecule has 0 radical (unpaired) electrons. The lowest BCUT2D eigenvalue weighted by Gasteiger charge is -2.47. The molecule has 2 rings (SSSR count). The van der Waals surface area contributed by atoms with Crippen molar-refractivity contribution in [1.29, 1.82) is 0 Å². The van der Waals surface area contributed by atoms with E-state index in [2.05, 4.69) is 30.9 Å². The van der Waals surface area contributed by atoms with Gasteiger partial charge in [-0.1, -0.05) is 30.7 Å². The molecule has 112 valence electrons. The van der Waals surface area contributed by atoms with Crippen LogP contribution in [0, 0.1) is 0 Å². The van der Waals surface area contributed by atoms with Gasteiger partial charge in [0.25, 0.3) is 0 Å². The molecule has 2 atom stereocenters. The van der Waals surface area contributed by atoms with E-state index in [9.17, 15) is 0 Å². The molecule has 1 aliphatic heterocycles. The highest BCUT2D eigenvalue weighted by atomic mass is 35.5. The van der Waals surface area contributed by atoms with Gasteiger partial charge in [-0.15, -0.1) is 0 Å². The zero-order valence-electron chi connectivity index (χ0n) is 12.4. The van der Waals surface area contributed by atoms with Gasteiger partial charge in [-0.25, -0.2) is 0 Å². The van der Waals surface area contributed by atoms with E-state index in [4.69, 9.17) is 22.1 Å². The van der Waals surface area contributed by atoms with Gasteiger partial charge in [-0.3, -0.25) is 4.90 Å². The molecule has 0 aliphatic carbocycles. The van der Waals surface area contributed by atoms with Gasteiger partial charge in [-0.05, 0) is 37.5 Å². The average molecular weight is 297 g/mol. The molecule has 1 heterocycles. The van der Waals surface area contributed by atoms with Crippen LogP contribution >= 0.6 is 11.6 Å². The molecule has 1 aromatic carbocycles. The van der Waals surface area contributed by atoms with E-state index in [1.165, 1.54) is 5.56 Å². The van der Waals surface area contributed by atoms with Gasteiger partial charge in [0.05, 0.1) is 13.2 Å². The minimum Gasteiger partial charge on any atom is -0.378 e. The molecule has 1 aromatic rings. The fourth-order valence-corrected chi connectivity index (χ4v) is 3.16. The summed E-state index contributed by atoms with van der Waals surface area (Å²) in [7, 11) is 0. The molecule has 3 nitrogen and oxygen atoms in total. The van der Waals surface area contributed by atoms with Crippen molar-refractivity contribution >= 4 is 11.6 Å². The normalized spacial score (nSPS) is 23.5. The largest absolute Gasteiger partial charge is 0.378 e. The number of ether oxygens (including phenoxy) is 1. The van der Waals surface area contributed by atoms with E-state index in [1.54, 1.807) is 0 Å². The number of hydrogen-bond acceptors (Lipinski definition) is 3. The number of nitrogens with two attached hydrogens (primary N) is 1. The lowest BCUT2D eigenvalue weighted by Crippen LogP contribution is -2.61. The third-order valence-electron chi connectivity index (χ3n) is 4.33. The van der Waals surface area contributed by atoms with Crippen molar-refractivity contribution in [2.75, 3.05) is 26.3 Å². The minimum atomic E-state index is -0.0295. The maximum atomic E-state index is 6.12. The summed E-state index contributed by atoms with van der Waals surface area (Å²) in [5.74, 6) is 0. The Labute approximate surface area is 127 Å². The summed E-state index contributed by atoms with van der Waals surface area (Å²) < 4.78 is 5.61. The van der Waals surface area contributed by atoms with E-state index in [0.717, 1.165) is 37.6 Å². The number of nitrogens with zero attached hydrogens (tertiary/aromatic N) is 1. The number of hydrogen-bond donors (Lipinski definition) is 1. The highest BCUT2D eigenvalue weighted by Gasteiger charge is 2.36. The summed E-state index contributed by atoms with van der Waals surface area (Å²) in [4.78, 5) is 2.53. The molecular weight excluding hydrogens is 272 g/mol. The zero-order chi connectivity index (χ0) is 14.6. The molecule has 1 aliphatic rings. The van der Waals surface area contributed by atoms with E-state index in [1.807, 2.05) is 12.1 Å². The van der Waals surface area contributed by atoms with Crippen molar-refractivity contribution in [3.8, 4) is 0 Å². The standard InChI is InChI=1S/C16H25ClN2O/c1-3-15-11-20-9-8-19(15)16(2,12-18)10-13-4-6-14(17)7-5-13/h4-7,15H,3,8-12,18H2,1-2H3. The first-order valence-electron chi connectivity index (χ1n) is 7.38. The summed E-state index contributed by atoms with van der Waals surface area (Å²) in [5.41, 5.74) is 7.38. The fraction of sp³-hybridized carbons (Fsp3) is 0.625. The Hall–Kier alpha value is -0.610.